The van der Waals surface area contributed by atoms with Crippen LogP contribution in [-0.4, -0.2) is 39.6 Å². The van der Waals surface area contributed by atoms with Crippen LogP contribution in [0.15, 0.2) is 18.6 Å². The molecule has 0 bridgehead atoms. The molecule has 1 aliphatic rings. The molecule has 0 amide bonds. The normalized spacial score (nSPS) is 21.6. The molecular weight excluding hydrogens is 226 g/mol. The molecule has 0 aliphatic heterocycles. The lowest BCUT2D eigenvalue weighted by molar-refractivity contribution is -0.0224. The highest BCUT2D eigenvalue weighted by molar-refractivity contribution is 5.10. The van der Waals surface area contributed by atoms with Crippen molar-refractivity contribution in [2.24, 2.45) is 0 Å². The van der Waals surface area contributed by atoms with Crippen LogP contribution in [0.5, 0.6) is 0 Å². The van der Waals surface area contributed by atoms with E-state index < -0.39 is 6.10 Å². The van der Waals surface area contributed by atoms with E-state index in [9.17, 15) is 5.11 Å². The van der Waals surface area contributed by atoms with E-state index in [0.29, 0.717) is 5.69 Å². The molecule has 100 valence electrons. The Hall–Kier alpha value is -1.00. The van der Waals surface area contributed by atoms with Gasteiger partial charge in [0.15, 0.2) is 0 Å². The van der Waals surface area contributed by atoms with Gasteiger partial charge in [0.1, 0.15) is 6.10 Å². The summed E-state index contributed by atoms with van der Waals surface area (Å²) < 4.78 is 0. The Bertz CT molecular complexity index is 359. The van der Waals surface area contributed by atoms with Gasteiger partial charge in [0, 0.05) is 12.4 Å². The standard InChI is InChI=1S/C14H23N3O/c1-17(2)14(7-5-3-4-6-8-14)13(18)12-11-15-9-10-16-12/h9-11,13,18H,3-8H2,1-2H3. The first-order valence-electron chi connectivity index (χ1n) is 6.78. The molecule has 1 heterocycles. The van der Waals surface area contributed by atoms with Gasteiger partial charge in [-0.15, -0.1) is 0 Å². The fourth-order valence-electron chi connectivity index (χ4n) is 3.03. The maximum atomic E-state index is 10.7. The highest BCUT2D eigenvalue weighted by atomic mass is 16.3. The van der Waals surface area contributed by atoms with Crippen LogP contribution in [0.1, 0.15) is 50.3 Å². The molecule has 1 aromatic rings. The second kappa shape index (κ2) is 5.76. The third-order valence-corrected chi connectivity index (χ3v) is 4.23. The fourth-order valence-corrected chi connectivity index (χ4v) is 3.03. The molecule has 1 saturated carbocycles. The quantitative estimate of drug-likeness (QED) is 0.834. The highest BCUT2D eigenvalue weighted by Crippen LogP contribution is 2.40. The molecule has 1 fully saturated rings. The van der Waals surface area contributed by atoms with Crippen LogP contribution in [0.4, 0.5) is 0 Å². The lowest BCUT2D eigenvalue weighted by Gasteiger charge is -2.43. The van der Waals surface area contributed by atoms with Crippen molar-refractivity contribution in [3.63, 3.8) is 0 Å². The van der Waals surface area contributed by atoms with Crippen molar-refractivity contribution in [2.45, 2.75) is 50.2 Å². The van der Waals surface area contributed by atoms with Gasteiger partial charge in [-0.3, -0.25) is 9.97 Å². The van der Waals surface area contributed by atoms with Crippen LogP contribution in [0.25, 0.3) is 0 Å². The molecule has 2 rings (SSSR count). The smallest absolute Gasteiger partial charge is 0.116 e. The number of rotatable bonds is 3. The molecule has 1 N–H and O–H groups in total. The van der Waals surface area contributed by atoms with Gasteiger partial charge in [0.05, 0.1) is 17.4 Å². The summed E-state index contributed by atoms with van der Waals surface area (Å²) in [5.74, 6) is 0. The van der Waals surface area contributed by atoms with E-state index in [-0.39, 0.29) is 5.54 Å². The summed E-state index contributed by atoms with van der Waals surface area (Å²) in [6, 6.07) is 0. The van der Waals surface area contributed by atoms with Crippen LogP contribution >= 0.6 is 0 Å². The van der Waals surface area contributed by atoms with Crippen molar-refractivity contribution >= 4 is 0 Å². The monoisotopic (exact) mass is 249 g/mol. The molecule has 4 heteroatoms. The average molecular weight is 249 g/mol. The average Bonchev–Trinajstić information content (AvgIpc) is 2.65. The second-order valence-electron chi connectivity index (χ2n) is 5.45. The summed E-state index contributed by atoms with van der Waals surface area (Å²) in [6.07, 6.45) is 11.4. The highest BCUT2D eigenvalue weighted by Gasteiger charge is 2.41. The number of aliphatic hydroxyl groups excluding tert-OH is 1. The van der Waals surface area contributed by atoms with Gasteiger partial charge >= 0.3 is 0 Å². The molecule has 0 aromatic carbocycles. The van der Waals surface area contributed by atoms with Crippen molar-refractivity contribution in [1.29, 1.82) is 0 Å². The third-order valence-electron chi connectivity index (χ3n) is 4.23. The third kappa shape index (κ3) is 2.54. The zero-order valence-electron chi connectivity index (χ0n) is 11.3. The van der Waals surface area contributed by atoms with E-state index >= 15 is 0 Å². The first-order chi connectivity index (χ1) is 8.67. The lowest BCUT2D eigenvalue weighted by Crippen LogP contribution is -2.49. The van der Waals surface area contributed by atoms with Crippen LogP contribution in [-0.2, 0) is 0 Å². The largest absolute Gasteiger partial charge is 0.385 e. The van der Waals surface area contributed by atoms with E-state index in [2.05, 4.69) is 29.0 Å². The summed E-state index contributed by atoms with van der Waals surface area (Å²) >= 11 is 0. The molecule has 1 aliphatic carbocycles. The Morgan fingerprint density at radius 3 is 2.33 bits per heavy atom. The topological polar surface area (TPSA) is 49.2 Å². The maximum Gasteiger partial charge on any atom is 0.116 e. The SMILES string of the molecule is CN(C)C1(C(O)c2cnccn2)CCCCCC1. The van der Waals surface area contributed by atoms with Crippen molar-refractivity contribution in [3.05, 3.63) is 24.3 Å². The summed E-state index contributed by atoms with van der Waals surface area (Å²) in [5, 5.41) is 10.7. The number of likely N-dealkylation sites (N-methyl/N-ethyl adjacent to an activating group) is 1. The van der Waals surface area contributed by atoms with Gasteiger partial charge in [0.25, 0.3) is 0 Å². The minimum absolute atomic E-state index is 0.188. The van der Waals surface area contributed by atoms with Crippen LogP contribution in [0.3, 0.4) is 0 Å². The number of aromatic nitrogens is 2. The predicted octanol–water partition coefficient (Wildman–Crippen LogP) is 2.16. The minimum Gasteiger partial charge on any atom is -0.385 e. The number of nitrogens with zero attached hydrogens (tertiary/aromatic N) is 3. The van der Waals surface area contributed by atoms with E-state index in [1.54, 1.807) is 18.6 Å². The molecular formula is C14H23N3O. The van der Waals surface area contributed by atoms with Crippen LogP contribution in [0.2, 0.25) is 0 Å². The Labute approximate surface area is 109 Å². The summed E-state index contributed by atoms with van der Waals surface area (Å²) in [7, 11) is 4.12. The van der Waals surface area contributed by atoms with Crippen molar-refractivity contribution in [2.75, 3.05) is 14.1 Å². The molecule has 1 aromatic heterocycles. The van der Waals surface area contributed by atoms with Gasteiger partial charge in [-0.05, 0) is 26.9 Å². The number of hydrogen-bond acceptors (Lipinski definition) is 4. The molecule has 1 unspecified atom stereocenters. The van der Waals surface area contributed by atoms with Gasteiger partial charge in [0.2, 0.25) is 0 Å². The van der Waals surface area contributed by atoms with Crippen molar-refractivity contribution < 1.29 is 5.11 Å². The first-order valence-corrected chi connectivity index (χ1v) is 6.78. The van der Waals surface area contributed by atoms with Gasteiger partial charge in [-0.1, -0.05) is 25.7 Å². The summed E-state index contributed by atoms with van der Waals surface area (Å²) in [5.41, 5.74) is 0.500. The molecule has 0 saturated heterocycles. The molecule has 18 heavy (non-hydrogen) atoms. The number of aliphatic hydroxyl groups is 1. The Balaban J connectivity index is 2.29. The second-order valence-corrected chi connectivity index (χ2v) is 5.45. The molecule has 4 nitrogen and oxygen atoms in total. The van der Waals surface area contributed by atoms with Gasteiger partial charge in [-0.25, -0.2) is 0 Å². The van der Waals surface area contributed by atoms with E-state index in [1.165, 1.54) is 25.7 Å². The lowest BCUT2D eigenvalue weighted by atomic mass is 9.82. The fraction of sp³-hybridized carbons (Fsp3) is 0.714. The number of hydrogen-bond donors (Lipinski definition) is 1. The first kappa shape index (κ1) is 13.4. The van der Waals surface area contributed by atoms with Crippen molar-refractivity contribution in [3.8, 4) is 0 Å². The Morgan fingerprint density at radius 2 is 1.83 bits per heavy atom. The molecule has 1 atom stereocenters. The maximum absolute atomic E-state index is 10.7. The van der Waals surface area contributed by atoms with Gasteiger partial charge in [-0.2, -0.15) is 0 Å². The summed E-state index contributed by atoms with van der Waals surface area (Å²) in [4.78, 5) is 10.5. The molecule has 0 spiro atoms. The van der Waals surface area contributed by atoms with E-state index in [1.807, 2.05) is 0 Å². The zero-order valence-corrected chi connectivity index (χ0v) is 11.3. The minimum atomic E-state index is -0.556. The van der Waals surface area contributed by atoms with E-state index in [4.69, 9.17) is 0 Å². The van der Waals surface area contributed by atoms with Crippen molar-refractivity contribution in [1.82, 2.24) is 14.9 Å². The molecule has 0 radical (unpaired) electrons. The van der Waals surface area contributed by atoms with Crippen LogP contribution in [0, 0.1) is 0 Å². The van der Waals surface area contributed by atoms with E-state index in [0.717, 1.165) is 12.8 Å². The predicted molar refractivity (Wildman–Crippen MR) is 71.1 cm³/mol. The van der Waals surface area contributed by atoms with Gasteiger partial charge < -0.3 is 10.0 Å². The summed E-state index contributed by atoms with van der Waals surface area (Å²) in [6.45, 7) is 0. The zero-order chi connectivity index (χ0) is 13.0. The Morgan fingerprint density at radius 1 is 1.17 bits per heavy atom. The Kier molecular flexibility index (Phi) is 4.30. The van der Waals surface area contributed by atoms with Crippen LogP contribution < -0.4 is 0 Å².